The summed E-state index contributed by atoms with van der Waals surface area (Å²) in [5.74, 6) is 0. The van der Waals surface area contributed by atoms with E-state index >= 15 is 0 Å². The van der Waals surface area contributed by atoms with Crippen molar-refractivity contribution in [2.75, 3.05) is 13.2 Å². The van der Waals surface area contributed by atoms with E-state index in [9.17, 15) is 0 Å². The second-order valence-corrected chi connectivity index (χ2v) is 3.04. The first-order valence-electron chi connectivity index (χ1n) is 4.66. The van der Waals surface area contributed by atoms with Gasteiger partial charge < -0.3 is 10.5 Å². The van der Waals surface area contributed by atoms with Crippen LogP contribution in [0.4, 0.5) is 0 Å². The fourth-order valence-corrected chi connectivity index (χ4v) is 1.43. The van der Waals surface area contributed by atoms with Crippen LogP contribution in [0.5, 0.6) is 0 Å². The summed E-state index contributed by atoms with van der Waals surface area (Å²) in [6, 6.07) is 8.20. The number of hydrogen-bond acceptors (Lipinski definition) is 2. The molecule has 0 fully saturated rings. The molecule has 0 saturated carbocycles. The molecule has 1 aromatic carbocycles. The molecule has 2 nitrogen and oxygen atoms in total. The van der Waals surface area contributed by atoms with Crippen molar-refractivity contribution >= 4 is 0 Å². The minimum absolute atomic E-state index is 0.0474. The second kappa shape index (κ2) is 5.00. The Hall–Kier alpha value is -0.860. The maximum atomic E-state index is 5.63. The largest absolute Gasteiger partial charge is 0.372 e. The van der Waals surface area contributed by atoms with Gasteiger partial charge in [0, 0.05) is 13.2 Å². The lowest BCUT2D eigenvalue weighted by Crippen LogP contribution is -2.16. The molecule has 0 aromatic heterocycles. The topological polar surface area (TPSA) is 35.2 Å². The highest BCUT2D eigenvalue weighted by molar-refractivity contribution is 5.27. The van der Waals surface area contributed by atoms with Crippen LogP contribution < -0.4 is 5.73 Å². The number of hydrogen-bond donors (Lipinski definition) is 1. The molecule has 0 spiro atoms. The summed E-state index contributed by atoms with van der Waals surface area (Å²) in [5, 5.41) is 0. The van der Waals surface area contributed by atoms with Crippen LogP contribution in [0.25, 0.3) is 0 Å². The average Bonchev–Trinajstić information content (AvgIpc) is 2.16. The molecule has 0 amide bonds. The molecule has 2 heteroatoms. The number of aryl methyl sites for hydroxylation is 1. The molecule has 0 aliphatic heterocycles. The second-order valence-electron chi connectivity index (χ2n) is 3.04. The summed E-state index contributed by atoms with van der Waals surface area (Å²) in [7, 11) is 0. The SMILES string of the molecule is CCO[C@H](CN)c1ccccc1C. The number of ether oxygens (including phenoxy) is 1. The van der Waals surface area contributed by atoms with Gasteiger partial charge >= 0.3 is 0 Å². The van der Waals surface area contributed by atoms with Crippen LogP contribution in [0.1, 0.15) is 24.2 Å². The number of rotatable bonds is 4. The van der Waals surface area contributed by atoms with Crippen LogP contribution in [0.2, 0.25) is 0 Å². The quantitative estimate of drug-likeness (QED) is 0.767. The van der Waals surface area contributed by atoms with E-state index in [4.69, 9.17) is 10.5 Å². The minimum Gasteiger partial charge on any atom is -0.372 e. The van der Waals surface area contributed by atoms with Gasteiger partial charge in [0.25, 0.3) is 0 Å². The molecule has 0 radical (unpaired) electrons. The van der Waals surface area contributed by atoms with Gasteiger partial charge in [0.1, 0.15) is 0 Å². The zero-order valence-electron chi connectivity index (χ0n) is 8.29. The van der Waals surface area contributed by atoms with E-state index in [-0.39, 0.29) is 6.10 Å². The Morgan fingerprint density at radius 1 is 1.38 bits per heavy atom. The zero-order valence-corrected chi connectivity index (χ0v) is 8.29. The van der Waals surface area contributed by atoms with Gasteiger partial charge in [-0.2, -0.15) is 0 Å². The Kier molecular flexibility index (Phi) is 3.93. The normalized spacial score (nSPS) is 12.8. The van der Waals surface area contributed by atoms with Crippen molar-refractivity contribution < 1.29 is 4.74 Å². The Labute approximate surface area is 79.7 Å². The fraction of sp³-hybridized carbons (Fsp3) is 0.455. The van der Waals surface area contributed by atoms with Gasteiger partial charge in [0.2, 0.25) is 0 Å². The van der Waals surface area contributed by atoms with Crippen LogP contribution in [-0.2, 0) is 4.74 Å². The zero-order chi connectivity index (χ0) is 9.68. The standard InChI is InChI=1S/C11H17NO/c1-3-13-11(8-12)10-7-5-4-6-9(10)2/h4-7,11H,3,8,12H2,1-2H3/t11-/m1/s1. The highest BCUT2D eigenvalue weighted by atomic mass is 16.5. The molecule has 0 heterocycles. The summed E-state index contributed by atoms with van der Waals surface area (Å²) in [5.41, 5.74) is 8.08. The van der Waals surface area contributed by atoms with Gasteiger partial charge in [0.15, 0.2) is 0 Å². The molecule has 72 valence electrons. The Morgan fingerprint density at radius 2 is 2.08 bits per heavy atom. The van der Waals surface area contributed by atoms with Crippen LogP contribution >= 0.6 is 0 Å². The summed E-state index contributed by atoms with van der Waals surface area (Å²) in [6.07, 6.45) is 0.0474. The predicted molar refractivity (Wildman–Crippen MR) is 54.6 cm³/mol. The third-order valence-electron chi connectivity index (χ3n) is 2.12. The van der Waals surface area contributed by atoms with Crippen LogP contribution in [0.3, 0.4) is 0 Å². The van der Waals surface area contributed by atoms with Crippen LogP contribution in [0.15, 0.2) is 24.3 Å². The summed E-state index contributed by atoms with van der Waals surface area (Å²) in [6.45, 7) is 5.31. The smallest absolute Gasteiger partial charge is 0.0949 e. The first kappa shape index (κ1) is 10.2. The molecular weight excluding hydrogens is 162 g/mol. The van der Waals surface area contributed by atoms with Crippen molar-refractivity contribution in [3.05, 3.63) is 35.4 Å². The van der Waals surface area contributed by atoms with E-state index in [0.717, 1.165) is 0 Å². The predicted octanol–water partition coefficient (Wildman–Crippen LogP) is 2.03. The highest BCUT2D eigenvalue weighted by Crippen LogP contribution is 2.19. The molecule has 0 aliphatic carbocycles. The molecule has 1 aromatic rings. The van der Waals surface area contributed by atoms with Gasteiger partial charge in [-0.15, -0.1) is 0 Å². The van der Waals surface area contributed by atoms with Crippen molar-refractivity contribution in [3.8, 4) is 0 Å². The van der Waals surface area contributed by atoms with Gasteiger partial charge in [-0.25, -0.2) is 0 Å². The van der Waals surface area contributed by atoms with E-state index in [1.807, 2.05) is 19.1 Å². The number of nitrogens with two attached hydrogens (primary N) is 1. The first-order chi connectivity index (χ1) is 6.29. The molecule has 0 saturated heterocycles. The fourth-order valence-electron chi connectivity index (χ4n) is 1.43. The Bertz CT molecular complexity index is 260. The van der Waals surface area contributed by atoms with E-state index in [0.29, 0.717) is 13.2 Å². The summed E-state index contributed by atoms with van der Waals surface area (Å²) < 4.78 is 5.53. The van der Waals surface area contributed by atoms with Crippen molar-refractivity contribution in [2.24, 2.45) is 5.73 Å². The van der Waals surface area contributed by atoms with Gasteiger partial charge in [-0.3, -0.25) is 0 Å². The minimum atomic E-state index is 0.0474. The van der Waals surface area contributed by atoms with E-state index in [2.05, 4.69) is 19.1 Å². The van der Waals surface area contributed by atoms with E-state index in [1.54, 1.807) is 0 Å². The Morgan fingerprint density at radius 3 is 2.62 bits per heavy atom. The van der Waals surface area contributed by atoms with E-state index < -0.39 is 0 Å². The maximum absolute atomic E-state index is 5.63. The first-order valence-corrected chi connectivity index (χ1v) is 4.66. The highest BCUT2D eigenvalue weighted by Gasteiger charge is 2.10. The molecule has 1 atom stereocenters. The van der Waals surface area contributed by atoms with Gasteiger partial charge in [-0.05, 0) is 25.0 Å². The van der Waals surface area contributed by atoms with Crippen molar-refractivity contribution in [1.82, 2.24) is 0 Å². The monoisotopic (exact) mass is 179 g/mol. The molecular formula is C11H17NO. The molecule has 1 rings (SSSR count). The number of benzene rings is 1. The van der Waals surface area contributed by atoms with E-state index in [1.165, 1.54) is 11.1 Å². The van der Waals surface area contributed by atoms with Crippen molar-refractivity contribution in [3.63, 3.8) is 0 Å². The lowest BCUT2D eigenvalue weighted by molar-refractivity contribution is 0.0684. The van der Waals surface area contributed by atoms with Crippen molar-refractivity contribution in [2.45, 2.75) is 20.0 Å². The average molecular weight is 179 g/mol. The summed E-state index contributed by atoms with van der Waals surface area (Å²) >= 11 is 0. The molecule has 2 N–H and O–H groups in total. The third-order valence-corrected chi connectivity index (χ3v) is 2.12. The molecule has 0 aliphatic rings. The molecule has 13 heavy (non-hydrogen) atoms. The van der Waals surface area contributed by atoms with Crippen LogP contribution in [0, 0.1) is 6.92 Å². The molecule has 0 bridgehead atoms. The summed E-state index contributed by atoms with van der Waals surface area (Å²) in [4.78, 5) is 0. The Balaban J connectivity index is 2.84. The molecule has 0 unspecified atom stereocenters. The van der Waals surface area contributed by atoms with Gasteiger partial charge in [-0.1, -0.05) is 24.3 Å². The van der Waals surface area contributed by atoms with Crippen LogP contribution in [-0.4, -0.2) is 13.2 Å². The maximum Gasteiger partial charge on any atom is 0.0949 e. The van der Waals surface area contributed by atoms with Gasteiger partial charge in [0.05, 0.1) is 6.10 Å². The lowest BCUT2D eigenvalue weighted by Gasteiger charge is -2.17. The van der Waals surface area contributed by atoms with Crippen molar-refractivity contribution in [1.29, 1.82) is 0 Å². The lowest BCUT2D eigenvalue weighted by atomic mass is 10.0. The third kappa shape index (κ3) is 2.54.